The normalized spacial score (nSPS) is 13.3. The van der Waals surface area contributed by atoms with E-state index >= 15 is 0 Å². The van der Waals surface area contributed by atoms with E-state index in [0.717, 1.165) is 30.5 Å². The van der Waals surface area contributed by atoms with Gasteiger partial charge in [-0.05, 0) is 56.8 Å². The van der Waals surface area contributed by atoms with E-state index in [9.17, 15) is 4.79 Å². The molecule has 0 spiro atoms. The van der Waals surface area contributed by atoms with Gasteiger partial charge in [-0.25, -0.2) is 0 Å². The molecule has 0 heterocycles. The van der Waals surface area contributed by atoms with E-state index in [4.69, 9.17) is 4.74 Å². The molecule has 0 aliphatic heterocycles. The zero-order valence-electron chi connectivity index (χ0n) is 15.7. The van der Waals surface area contributed by atoms with Crippen molar-refractivity contribution in [3.05, 3.63) is 65.2 Å². The van der Waals surface area contributed by atoms with Crippen molar-refractivity contribution < 1.29 is 9.53 Å². The first-order chi connectivity index (χ1) is 12.0. The molecule has 25 heavy (non-hydrogen) atoms. The number of ether oxygens (including phenoxy) is 1. The molecule has 3 nitrogen and oxygen atoms in total. The van der Waals surface area contributed by atoms with Crippen molar-refractivity contribution in [2.24, 2.45) is 5.92 Å². The van der Waals surface area contributed by atoms with Gasteiger partial charge in [-0.1, -0.05) is 55.5 Å². The van der Waals surface area contributed by atoms with E-state index in [1.165, 1.54) is 5.56 Å². The first-order valence-electron chi connectivity index (χ1n) is 9.02. The fourth-order valence-corrected chi connectivity index (χ4v) is 2.87. The Morgan fingerprint density at radius 3 is 2.28 bits per heavy atom. The molecule has 0 saturated heterocycles. The summed E-state index contributed by atoms with van der Waals surface area (Å²) in [4.78, 5) is 12.3. The van der Waals surface area contributed by atoms with Crippen LogP contribution >= 0.6 is 0 Å². The van der Waals surface area contributed by atoms with Crippen LogP contribution in [0.4, 0.5) is 0 Å². The lowest BCUT2D eigenvalue weighted by molar-refractivity contribution is -0.138. The first-order valence-corrected chi connectivity index (χ1v) is 9.02. The number of hydrogen-bond donors (Lipinski definition) is 1. The van der Waals surface area contributed by atoms with Gasteiger partial charge in [0, 0.05) is 6.04 Å². The van der Waals surface area contributed by atoms with Crippen LogP contribution in [-0.4, -0.2) is 18.6 Å². The average Bonchev–Trinajstić information content (AvgIpc) is 2.59. The van der Waals surface area contributed by atoms with Crippen molar-refractivity contribution in [2.75, 3.05) is 6.54 Å². The number of rotatable bonds is 8. The lowest BCUT2D eigenvalue weighted by Crippen LogP contribution is -2.31. The highest BCUT2D eigenvalue weighted by Gasteiger charge is 2.17. The van der Waals surface area contributed by atoms with Crippen molar-refractivity contribution in [2.45, 2.75) is 46.6 Å². The molecule has 134 valence electrons. The molecule has 0 fully saturated rings. The number of esters is 1. The van der Waals surface area contributed by atoms with Crippen molar-refractivity contribution in [3.63, 3.8) is 0 Å². The third-order valence-corrected chi connectivity index (χ3v) is 4.47. The van der Waals surface area contributed by atoms with Gasteiger partial charge in [0.1, 0.15) is 5.75 Å². The number of hydrogen-bond acceptors (Lipinski definition) is 3. The van der Waals surface area contributed by atoms with Crippen LogP contribution in [0.2, 0.25) is 0 Å². The maximum Gasteiger partial charge on any atom is 0.314 e. The van der Waals surface area contributed by atoms with E-state index in [0.29, 0.717) is 11.8 Å². The summed E-state index contributed by atoms with van der Waals surface area (Å²) in [7, 11) is 0. The van der Waals surface area contributed by atoms with E-state index in [1.807, 2.05) is 45.0 Å². The van der Waals surface area contributed by atoms with Gasteiger partial charge in [-0.2, -0.15) is 0 Å². The molecule has 0 aromatic heterocycles. The minimum atomic E-state index is -0.157. The standard InChI is InChI=1S/C22H29NO2/c1-16-9-8-10-17(2)21(16)25-22(24)18(3)13-14-23-19(4)15-20-11-6-5-7-12-20/h5-12,18-19,23H,13-15H2,1-4H3. The van der Waals surface area contributed by atoms with Crippen LogP contribution in [0, 0.1) is 19.8 Å². The second-order valence-corrected chi connectivity index (χ2v) is 6.88. The van der Waals surface area contributed by atoms with E-state index in [-0.39, 0.29) is 11.9 Å². The van der Waals surface area contributed by atoms with Gasteiger partial charge < -0.3 is 10.1 Å². The molecule has 3 heteroatoms. The van der Waals surface area contributed by atoms with Crippen LogP contribution in [0.3, 0.4) is 0 Å². The highest BCUT2D eigenvalue weighted by Crippen LogP contribution is 2.23. The van der Waals surface area contributed by atoms with Gasteiger partial charge in [0.2, 0.25) is 0 Å². The summed E-state index contributed by atoms with van der Waals surface area (Å²) in [6.07, 6.45) is 1.75. The monoisotopic (exact) mass is 339 g/mol. The molecular weight excluding hydrogens is 310 g/mol. The molecule has 0 aliphatic rings. The summed E-state index contributed by atoms with van der Waals surface area (Å²) in [5, 5.41) is 3.50. The lowest BCUT2D eigenvalue weighted by Gasteiger charge is -2.17. The van der Waals surface area contributed by atoms with E-state index in [2.05, 4.69) is 36.5 Å². The Hall–Kier alpha value is -2.13. The molecule has 0 amide bonds. The quantitative estimate of drug-likeness (QED) is 0.570. The fraction of sp³-hybridized carbons (Fsp3) is 0.409. The Morgan fingerprint density at radius 2 is 1.64 bits per heavy atom. The largest absolute Gasteiger partial charge is 0.426 e. The van der Waals surface area contributed by atoms with E-state index < -0.39 is 0 Å². The van der Waals surface area contributed by atoms with Gasteiger partial charge in [0.05, 0.1) is 5.92 Å². The summed E-state index contributed by atoms with van der Waals surface area (Å²) in [5.74, 6) is 0.412. The summed E-state index contributed by atoms with van der Waals surface area (Å²) in [6.45, 7) is 8.84. The third-order valence-electron chi connectivity index (χ3n) is 4.47. The number of nitrogens with one attached hydrogen (secondary N) is 1. The first kappa shape index (κ1) is 19.2. The van der Waals surface area contributed by atoms with E-state index in [1.54, 1.807) is 0 Å². The predicted octanol–water partition coefficient (Wildman–Crippen LogP) is 4.46. The maximum atomic E-state index is 12.3. The van der Waals surface area contributed by atoms with Gasteiger partial charge in [-0.3, -0.25) is 4.79 Å². The van der Waals surface area contributed by atoms with Crippen molar-refractivity contribution >= 4 is 5.97 Å². The predicted molar refractivity (Wildman–Crippen MR) is 103 cm³/mol. The molecule has 2 aromatic carbocycles. The number of para-hydroxylation sites is 1. The number of carbonyl (C=O) groups is 1. The molecular formula is C22H29NO2. The lowest BCUT2D eigenvalue weighted by atomic mass is 10.1. The minimum absolute atomic E-state index is 0.129. The summed E-state index contributed by atoms with van der Waals surface area (Å²) < 4.78 is 5.62. The van der Waals surface area contributed by atoms with Crippen molar-refractivity contribution in [3.8, 4) is 5.75 Å². The Bertz CT molecular complexity index is 661. The molecule has 0 saturated carbocycles. The highest BCUT2D eigenvalue weighted by molar-refractivity contribution is 5.75. The molecule has 0 radical (unpaired) electrons. The zero-order chi connectivity index (χ0) is 18.2. The molecule has 2 unspecified atom stereocenters. The maximum absolute atomic E-state index is 12.3. The smallest absolute Gasteiger partial charge is 0.314 e. The third kappa shape index (κ3) is 6.02. The minimum Gasteiger partial charge on any atom is -0.426 e. The van der Waals surface area contributed by atoms with Crippen LogP contribution in [0.25, 0.3) is 0 Å². The summed E-state index contributed by atoms with van der Waals surface area (Å²) in [5.41, 5.74) is 3.32. The number of benzene rings is 2. The van der Waals surface area contributed by atoms with Crippen molar-refractivity contribution in [1.82, 2.24) is 5.32 Å². The fourth-order valence-electron chi connectivity index (χ4n) is 2.87. The second-order valence-electron chi connectivity index (χ2n) is 6.88. The van der Waals surface area contributed by atoms with Crippen molar-refractivity contribution in [1.29, 1.82) is 0 Å². The Kier molecular flexibility index (Phi) is 7.20. The van der Waals surface area contributed by atoms with Crippen LogP contribution in [0.1, 0.15) is 37.0 Å². The van der Waals surface area contributed by atoms with Gasteiger partial charge in [-0.15, -0.1) is 0 Å². The summed E-state index contributed by atoms with van der Waals surface area (Å²) in [6, 6.07) is 16.7. The average molecular weight is 339 g/mol. The van der Waals surface area contributed by atoms with Gasteiger partial charge in [0.25, 0.3) is 0 Å². The molecule has 1 N–H and O–H groups in total. The molecule has 2 aromatic rings. The number of aryl methyl sites for hydroxylation is 2. The Morgan fingerprint density at radius 1 is 1.00 bits per heavy atom. The van der Waals surface area contributed by atoms with Crippen LogP contribution in [0.15, 0.2) is 48.5 Å². The molecule has 2 rings (SSSR count). The molecule has 2 atom stereocenters. The summed E-state index contributed by atoms with van der Waals surface area (Å²) >= 11 is 0. The number of carbonyl (C=O) groups excluding carboxylic acids is 1. The van der Waals surface area contributed by atoms with Crippen LogP contribution in [0.5, 0.6) is 5.75 Å². The zero-order valence-corrected chi connectivity index (χ0v) is 15.7. The van der Waals surface area contributed by atoms with Gasteiger partial charge in [0.15, 0.2) is 0 Å². The molecule has 0 bridgehead atoms. The second kappa shape index (κ2) is 9.38. The highest BCUT2D eigenvalue weighted by atomic mass is 16.5. The SMILES string of the molecule is Cc1cccc(C)c1OC(=O)C(C)CCNC(C)Cc1ccccc1. The van der Waals surface area contributed by atoms with Gasteiger partial charge >= 0.3 is 5.97 Å². The Labute approximate surface area is 151 Å². The van der Waals surface area contributed by atoms with Crippen LogP contribution in [-0.2, 0) is 11.2 Å². The van der Waals surface area contributed by atoms with Crippen LogP contribution < -0.4 is 10.1 Å². The molecule has 0 aliphatic carbocycles. The topological polar surface area (TPSA) is 38.3 Å². The Balaban J connectivity index is 1.76.